The molecule has 4 aromatic rings. The van der Waals surface area contributed by atoms with Crippen molar-refractivity contribution in [1.29, 1.82) is 0 Å². The molecule has 11 heteroatoms. The largest absolute Gasteiger partial charge is 0.477 e. The number of halogens is 2. The van der Waals surface area contributed by atoms with Gasteiger partial charge in [0.05, 0.1) is 22.3 Å². The van der Waals surface area contributed by atoms with Crippen LogP contribution in [0.5, 0.6) is 5.88 Å². The number of amides is 2. The van der Waals surface area contributed by atoms with Crippen LogP contribution in [0.1, 0.15) is 24.0 Å². The van der Waals surface area contributed by atoms with Gasteiger partial charge in [0.2, 0.25) is 17.7 Å². The number of ether oxygens (including phenoxy) is 1. The van der Waals surface area contributed by atoms with Crippen molar-refractivity contribution in [3.8, 4) is 22.8 Å². The fraction of sp³-hybridized carbons (Fsp3) is 0.241. The molecule has 8 nitrogen and oxygen atoms in total. The summed E-state index contributed by atoms with van der Waals surface area (Å²) in [5.74, 6) is 0.215. The van der Waals surface area contributed by atoms with Crippen molar-refractivity contribution < 1.29 is 14.3 Å². The van der Waals surface area contributed by atoms with Gasteiger partial charge in [-0.05, 0) is 54.5 Å². The van der Waals surface area contributed by atoms with Crippen LogP contribution >= 0.6 is 35.8 Å². The van der Waals surface area contributed by atoms with Crippen LogP contribution in [0.25, 0.3) is 16.9 Å². The predicted molar refractivity (Wildman–Crippen MR) is 160 cm³/mol. The van der Waals surface area contributed by atoms with E-state index in [1.54, 1.807) is 35.3 Å². The van der Waals surface area contributed by atoms with Gasteiger partial charge in [0.25, 0.3) is 0 Å². The molecular formula is C29H29Cl2N5O3S. The van der Waals surface area contributed by atoms with Crippen LogP contribution in [0.15, 0.2) is 73.1 Å². The summed E-state index contributed by atoms with van der Waals surface area (Å²) in [5, 5.41) is 8.39. The van der Waals surface area contributed by atoms with E-state index in [4.69, 9.17) is 38.8 Å². The van der Waals surface area contributed by atoms with E-state index in [1.165, 1.54) is 0 Å². The Morgan fingerprint density at radius 1 is 1.07 bits per heavy atom. The van der Waals surface area contributed by atoms with Crippen LogP contribution in [0.3, 0.4) is 0 Å². The average molecular weight is 599 g/mol. The van der Waals surface area contributed by atoms with Crippen LogP contribution in [0, 0.1) is 0 Å². The number of hydrogen-bond acceptors (Lipinski definition) is 6. The minimum absolute atomic E-state index is 0.150. The van der Waals surface area contributed by atoms with Crippen LogP contribution < -0.4 is 15.8 Å². The highest BCUT2D eigenvalue weighted by Crippen LogP contribution is 2.35. The number of benzene rings is 2. The van der Waals surface area contributed by atoms with Gasteiger partial charge >= 0.3 is 0 Å². The molecule has 0 radical (unpaired) electrons. The maximum Gasteiger partial charge on any atom is 0.240 e. The smallest absolute Gasteiger partial charge is 0.240 e. The molecule has 0 bridgehead atoms. The Balaban J connectivity index is 1.49. The fourth-order valence-corrected chi connectivity index (χ4v) is 4.70. The lowest BCUT2D eigenvalue weighted by molar-refractivity contribution is -0.127. The van der Waals surface area contributed by atoms with Crippen molar-refractivity contribution in [2.45, 2.75) is 31.7 Å². The van der Waals surface area contributed by atoms with Gasteiger partial charge in [-0.15, -0.1) is 0 Å². The Labute approximate surface area is 248 Å². The summed E-state index contributed by atoms with van der Waals surface area (Å²) in [4.78, 5) is 28.8. The van der Waals surface area contributed by atoms with Gasteiger partial charge < -0.3 is 15.8 Å². The Kier molecular flexibility index (Phi) is 10.5. The first-order valence-electron chi connectivity index (χ1n) is 12.7. The predicted octanol–water partition coefficient (Wildman–Crippen LogP) is 5.09. The average Bonchev–Trinajstić information content (AvgIpc) is 3.31. The topological polar surface area (TPSA) is 112 Å². The third-order valence-electron chi connectivity index (χ3n) is 6.13. The standard InChI is InChI=1S/C29H29Cl2N5O3S/c30-23-11-10-21(17-24(23)31)36-29(22(12-15-40)27(35-36)20-8-4-13-33-18-20)39-14-5-9-26(37)34-25(28(32)38)16-19-6-2-1-3-7-19/h1-4,6-8,10-11,13,17-18,25,40H,5,9,12,14-16H2,(H2,32,38)(H,34,37)/t25-/m0/s1. The molecule has 0 fully saturated rings. The zero-order valence-electron chi connectivity index (χ0n) is 21.6. The second kappa shape index (κ2) is 14.2. The summed E-state index contributed by atoms with van der Waals surface area (Å²) in [6.07, 6.45) is 4.90. The number of pyridine rings is 1. The number of primary amides is 1. The van der Waals surface area contributed by atoms with Gasteiger partial charge in [0.1, 0.15) is 11.7 Å². The lowest BCUT2D eigenvalue weighted by Crippen LogP contribution is -2.45. The van der Waals surface area contributed by atoms with E-state index in [2.05, 4.69) is 22.9 Å². The van der Waals surface area contributed by atoms with E-state index >= 15 is 0 Å². The number of rotatable bonds is 13. The molecule has 40 heavy (non-hydrogen) atoms. The number of nitrogens with one attached hydrogen (secondary N) is 1. The van der Waals surface area contributed by atoms with Gasteiger partial charge in [-0.2, -0.15) is 17.7 Å². The summed E-state index contributed by atoms with van der Waals surface area (Å²) in [6.45, 7) is 0.229. The van der Waals surface area contributed by atoms with E-state index in [-0.39, 0.29) is 18.9 Å². The Morgan fingerprint density at radius 3 is 2.55 bits per heavy atom. The highest BCUT2D eigenvalue weighted by atomic mass is 35.5. The molecule has 0 saturated heterocycles. The quantitative estimate of drug-likeness (QED) is 0.147. The van der Waals surface area contributed by atoms with Gasteiger partial charge in [0, 0.05) is 36.4 Å². The minimum atomic E-state index is -0.795. The van der Waals surface area contributed by atoms with Gasteiger partial charge in [-0.1, -0.05) is 53.5 Å². The Bertz CT molecular complexity index is 1450. The normalized spacial score (nSPS) is 11.7. The molecule has 0 spiro atoms. The molecule has 2 heterocycles. The molecule has 2 amide bonds. The van der Waals surface area contributed by atoms with Gasteiger partial charge in [-0.25, -0.2) is 4.68 Å². The number of nitrogens with zero attached hydrogens (tertiary/aromatic N) is 3. The van der Waals surface area contributed by atoms with Crippen LogP contribution in [0.2, 0.25) is 10.0 Å². The van der Waals surface area contributed by atoms with Crippen molar-refractivity contribution in [3.05, 3.63) is 94.2 Å². The molecule has 4 rings (SSSR count). The van der Waals surface area contributed by atoms with E-state index in [9.17, 15) is 9.59 Å². The number of carbonyl (C=O) groups is 2. The second-order valence-corrected chi connectivity index (χ2v) is 10.3. The molecule has 2 aromatic carbocycles. The lowest BCUT2D eigenvalue weighted by Gasteiger charge is -2.16. The Hall–Kier alpha value is -3.53. The van der Waals surface area contributed by atoms with Gasteiger partial charge in [-0.3, -0.25) is 14.6 Å². The van der Waals surface area contributed by atoms with E-state index < -0.39 is 11.9 Å². The van der Waals surface area contributed by atoms with Crippen LogP contribution in [0.4, 0.5) is 0 Å². The van der Waals surface area contributed by atoms with E-state index in [0.717, 1.165) is 16.7 Å². The molecule has 1 atom stereocenters. The third-order valence-corrected chi connectivity index (χ3v) is 7.09. The molecule has 0 aliphatic carbocycles. The SMILES string of the molecule is NC(=O)[C@H](Cc1ccccc1)NC(=O)CCCOc1c(CCS)c(-c2cccnc2)nn1-c1ccc(Cl)c(Cl)c1. The maximum absolute atomic E-state index is 12.6. The first-order chi connectivity index (χ1) is 19.4. The summed E-state index contributed by atoms with van der Waals surface area (Å²) >= 11 is 16.9. The van der Waals surface area contributed by atoms with Gasteiger partial charge in [0.15, 0.2) is 0 Å². The van der Waals surface area contributed by atoms with E-state index in [0.29, 0.717) is 52.3 Å². The van der Waals surface area contributed by atoms with Crippen molar-refractivity contribution in [1.82, 2.24) is 20.1 Å². The summed E-state index contributed by atoms with van der Waals surface area (Å²) in [5.41, 5.74) is 9.52. The monoisotopic (exact) mass is 597 g/mol. The van der Waals surface area contributed by atoms with Crippen LogP contribution in [-0.2, 0) is 22.4 Å². The molecule has 3 N–H and O–H groups in total. The summed E-state index contributed by atoms with van der Waals surface area (Å²) in [6, 6.07) is 17.6. The molecular weight excluding hydrogens is 569 g/mol. The number of carbonyl (C=O) groups excluding carboxylic acids is 2. The zero-order valence-corrected chi connectivity index (χ0v) is 24.0. The third kappa shape index (κ3) is 7.56. The molecule has 0 unspecified atom stereocenters. The fourth-order valence-electron chi connectivity index (χ4n) is 4.19. The highest BCUT2D eigenvalue weighted by Gasteiger charge is 2.23. The summed E-state index contributed by atoms with van der Waals surface area (Å²) < 4.78 is 7.92. The zero-order chi connectivity index (χ0) is 28.5. The van der Waals surface area contributed by atoms with Crippen molar-refractivity contribution in [2.24, 2.45) is 5.73 Å². The van der Waals surface area contributed by atoms with E-state index in [1.807, 2.05) is 42.5 Å². The molecule has 0 aliphatic rings. The number of nitrogens with two attached hydrogens (primary N) is 1. The summed E-state index contributed by atoms with van der Waals surface area (Å²) in [7, 11) is 0. The minimum Gasteiger partial charge on any atom is -0.477 e. The maximum atomic E-state index is 12.6. The van der Waals surface area contributed by atoms with Crippen LogP contribution in [-0.4, -0.2) is 45.0 Å². The first-order valence-corrected chi connectivity index (χ1v) is 14.1. The van der Waals surface area contributed by atoms with Crippen molar-refractivity contribution in [2.75, 3.05) is 12.4 Å². The number of thiol groups is 1. The van der Waals surface area contributed by atoms with Crippen molar-refractivity contribution >= 4 is 47.6 Å². The molecule has 208 valence electrons. The van der Waals surface area contributed by atoms with Crippen molar-refractivity contribution in [3.63, 3.8) is 0 Å². The molecule has 0 aliphatic heterocycles. The number of hydrogen-bond donors (Lipinski definition) is 3. The number of aromatic nitrogens is 3. The lowest BCUT2D eigenvalue weighted by atomic mass is 10.1. The second-order valence-electron chi connectivity index (χ2n) is 9.02. The molecule has 0 saturated carbocycles. The first kappa shape index (κ1) is 29.5. The highest BCUT2D eigenvalue weighted by molar-refractivity contribution is 7.80. The molecule has 2 aromatic heterocycles. The Morgan fingerprint density at radius 2 is 1.88 bits per heavy atom.